The third kappa shape index (κ3) is 6.59. The number of fused-ring (bicyclic) bond motifs is 7. The highest BCUT2D eigenvalue weighted by atomic mass is 16.3. The molecule has 11 aromatic carbocycles. The van der Waals surface area contributed by atoms with Crippen LogP contribution < -0.4 is 4.90 Å². The highest BCUT2D eigenvalue weighted by Crippen LogP contribution is 2.43. The van der Waals surface area contributed by atoms with E-state index in [1.54, 1.807) is 0 Å². The maximum atomic E-state index is 6.48. The molecule has 314 valence electrons. The SMILES string of the molecule is c1cc(-c2ccccc2-c2ccccc2-n2c3ccccc3c3ccccc32)cc(N(c2ccc(-c3ccc4ccccc4c3)cc2)c2ccc(-c3cccc4c3oc3ccccc34)cc2)c1. The minimum absolute atomic E-state index is 0.900. The first-order valence-electron chi connectivity index (χ1n) is 22.9. The molecule has 2 aromatic heterocycles. The van der Waals surface area contributed by atoms with Gasteiger partial charge in [-0.3, -0.25) is 0 Å². The van der Waals surface area contributed by atoms with Gasteiger partial charge in [0.05, 0.1) is 16.7 Å². The average Bonchev–Trinajstić information content (AvgIpc) is 3.95. The molecule has 0 saturated carbocycles. The van der Waals surface area contributed by atoms with Crippen LogP contribution in [0.1, 0.15) is 0 Å². The molecule has 67 heavy (non-hydrogen) atoms. The highest BCUT2D eigenvalue weighted by Gasteiger charge is 2.20. The van der Waals surface area contributed by atoms with Crippen molar-refractivity contribution in [3.8, 4) is 50.2 Å². The number of benzene rings is 11. The molecular weight excluding hydrogens is 813 g/mol. The molecule has 13 rings (SSSR count). The summed E-state index contributed by atoms with van der Waals surface area (Å²) in [5, 5.41) is 7.23. The van der Waals surface area contributed by atoms with E-state index in [2.05, 4.69) is 252 Å². The Bertz CT molecular complexity index is 3930. The fraction of sp³-hybridized carbons (Fsp3) is 0. The average molecular weight is 855 g/mol. The topological polar surface area (TPSA) is 21.3 Å². The molecule has 0 atom stereocenters. The first kappa shape index (κ1) is 38.5. The lowest BCUT2D eigenvalue weighted by molar-refractivity contribution is 0.670. The van der Waals surface area contributed by atoms with E-state index < -0.39 is 0 Å². The molecule has 0 fully saturated rings. The largest absolute Gasteiger partial charge is 0.455 e. The Kier molecular flexibility index (Phi) is 9.17. The lowest BCUT2D eigenvalue weighted by atomic mass is 9.93. The van der Waals surface area contributed by atoms with Gasteiger partial charge in [-0.25, -0.2) is 0 Å². The van der Waals surface area contributed by atoms with Gasteiger partial charge >= 0.3 is 0 Å². The zero-order chi connectivity index (χ0) is 44.3. The van der Waals surface area contributed by atoms with Gasteiger partial charge in [0, 0.05) is 49.7 Å². The van der Waals surface area contributed by atoms with Crippen LogP contribution in [0.15, 0.2) is 259 Å². The van der Waals surface area contributed by atoms with Crippen LogP contribution in [0.4, 0.5) is 17.1 Å². The molecule has 0 unspecified atom stereocenters. The van der Waals surface area contributed by atoms with Crippen LogP contribution in [0.3, 0.4) is 0 Å². The minimum atomic E-state index is 0.900. The van der Waals surface area contributed by atoms with Crippen LogP contribution >= 0.6 is 0 Å². The number of rotatable bonds is 8. The van der Waals surface area contributed by atoms with Gasteiger partial charge in [0.15, 0.2) is 0 Å². The quantitative estimate of drug-likeness (QED) is 0.152. The fourth-order valence-corrected chi connectivity index (χ4v) is 10.2. The smallest absolute Gasteiger partial charge is 0.143 e. The monoisotopic (exact) mass is 854 g/mol. The first-order chi connectivity index (χ1) is 33.2. The van der Waals surface area contributed by atoms with Gasteiger partial charge < -0.3 is 13.9 Å². The lowest BCUT2D eigenvalue weighted by Gasteiger charge is -2.27. The van der Waals surface area contributed by atoms with Crippen molar-refractivity contribution in [3.63, 3.8) is 0 Å². The lowest BCUT2D eigenvalue weighted by Crippen LogP contribution is -2.10. The van der Waals surface area contributed by atoms with Crippen LogP contribution in [0.2, 0.25) is 0 Å². The maximum absolute atomic E-state index is 6.48. The number of furan rings is 1. The zero-order valence-corrected chi connectivity index (χ0v) is 36.6. The third-order valence-electron chi connectivity index (χ3n) is 13.4. The van der Waals surface area contributed by atoms with Gasteiger partial charge in [-0.2, -0.15) is 0 Å². The summed E-state index contributed by atoms with van der Waals surface area (Å²) in [4.78, 5) is 2.37. The zero-order valence-electron chi connectivity index (χ0n) is 36.6. The number of aromatic nitrogens is 1. The van der Waals surface area contributed by atoms with Crippen molar-refractivity contribution in [2.45, 2.75) is 0 Å². The molecule has 0 saturated heterocycles. The Hall–Kier alpha value is -8.92. The first-order valence-corrected chi connectivity index (χ1v) is 22.9. The van der Waals surface area contributed by atoms with Crippen molar-refractivity contribution in [1.82, 2.24) is 4.57 Å². The van der Waals surface area contributed by atoms with Crippen molar-refractivity contribution >= 4 is 71.6 Å². The van der Waals surface area contributed by atoms with E-state index in [1.165, 1.54) is 60.4 Å². The van der Waals surface area contributed by atoms with Crippen LogP contribution in [0.25, 0.3) is 105 Å². The van der Waals surface area contributed by atoms with Crippen LogP contribution in [0.5, 0.6) is 0 Å². The standard InChI is InChI=1S/C64H42N2O/c1-2-16-46-41-47(32-31-43(46)15-1)44-33-37-49(38-34-44)65(50-39-35-45(36-40-50)53-25-14-26-59-58-24-8-12-30-63(58)67-64(53)59)51-18-13-17-48(42-51)52-19-3-4-20-54(52)55-21-5-9-27-60(55)66-61-28-10-6-22-56(61)57-23-7-11-29-62(57)66/h1-42H. The molecule has 0 bridgehead atoms. The molecule has 3 nitrogen and oxygen atoms in total. The van der Waals surface area contributed by atoms with Crippen LogP contribution in [-0.4, -0.2) is 4.57 Å². The molecular formula is C64H42N2O. The van der Waals surface area contributed by atoms with E-state index in [9.17, 15) is 0 Å². The van der Waals surface area contributed by atoms with Crippen LogP contribution in [0, 0.1) is 0 Å². The second-order valence-electron chi connectivity index (χ2n) is 17.3. The summed E-state index contributed by atoms with van der Waals surface area (Å²) in [6.45, 7) is 0. The molecule has 0 spiro atoms. The van der Waals surface area contributed by atoms with Crippen molar-refractivity contribution in [2.24, 2.45) is 0 Å². The van der Waals surface area contributed by atoms with Gasteiger partial charge in [-0.15, -0.1) is 0 Å². The number of nitrogens with zero attached hydrogens (tertiary/aromatic N) is 2. The Labute approximate surface area is 388 Å². The predicted octanol–water partition coefficient (Wildman–Crippen LogP) is 18.0. The highest BCUT2D eigenvalue weighted by molar-refractivity contribution is 6.11. The second-order valence-corrected chi connectivity index (χ2v) is 17.3. The van der Waals surface area contributed by atoms with Crippen molar-refractivity contribution in [2.75, 3.05) is 4.90 Å². The molecule has 0 aliphatic carbocycles. The Morgan fingerprint density at radius 3 is 1.61 bits per heavy atom. The van der Waals surface area contributed by atoms with Gasteiger partial charge in [-0.1, -0.05) is 188 Å². The normalized spacial score (nSPS) is 11.6. The van der Waals surface area contributed by atoms with E-state index in [1.807, 2.05) is 12.1 Å². The van der Waals surface area contributed by atoms with Gasteiger partial charge in [0.25, 0.3) is 0 Å². The van der Waals surface area contributed by atoms with E-state index in [-0.39, 0.29) is 0 Å². The number of anilines is 3. The third-order valence-corrected chi connectivity index (χ3v) is 13.4. The molecule has 0 N–H and O–H groups in total. The Morgan fingerprint density at radius 1 is 0.299 bits per heavy atom. The Morgan fingerprint density at radius 2 is 0.851 bits per heavy atom. The van der Waals surface area contributed by atoms with Crippen LogP contribution in [-0.2, 0) is 0 Å². The molecule has 0 aliphatic rings. The summed E-state index contributed by atoms with van der Waals surface area (Å²) in [5.41, 5.74) is 17.7. The summed E-state index contributed by atoms with van der Waals surface area (Å²) in [7, 11) is 0. The minimum Gasteiger partial charge on any atom is -0.455 e. The fourth-order valence-electron chi connectivity index (χ4n) is 10.2. The second kappa shape index (κ2) is 16.0. The van der Waals surface area contributed by atoms with Crippen molar-refractivity contribution in [1.29, 1.82) is 0 Å². The summed E-state index contributed by atoms with van der Waals surface area (Å²) < 4.78 is 8.90. The van der Waals surface area contributed by atoms with E-state index >= 15 is 0 Å². The van der Waals surface area contributed by atoms with E-state index in [0.717, 1.165) is 61.4 Å². The van der Waals surface area contributed by atoms with Gasteiger partial charge in [-0.05, 0) is 111 Å². The van der Waals surface area contributed by atoms with Gasteiger partial charge in [0.1, 0.15) is 11.2 Å². The summed E-state index contributed by atoms with van der Waals surface area (Å²) >= 11 is 0. The molecule has 3 heteroatoms. The molecule has 0 radical (unpaired) electrons. The molecule has 0 amide bonds. The predicted molar refractivity (Wildman–Crippen MR) is 282 cm³/mol. The molecule has 0 aliphatic heterocycles. The van der Waals surface area contributed by atoms with E-state index in [0.29, 0.717) is 0 Å². The Balaban J connectivity index is 0.933. The number of para-hydroxylation sites is 5. The van der Waals surface area contributed by atoms with Crippen molar-refractivity contribution < 1.29 is 4.42 Å². The molecule has 13 aromatic rings. The van der Waals surface area contributed by atoms with Crippen molar-refractivity contribution in [3.05, 3.63) is 255 Å². The van der Waals surface area contributed by atoms with E-state index in [4.69, 9.17) is 4.42 Å². The number of hydrogen-bond donors (Lipinski definition) is 0. The van der Waals surface area contributed by atoms with Gasteiger partial charge in [0.2, 0.25) is 0 Å². The summed E-state index contributed by atoms with van der Waals surface area (Å²) in [6, 6.07) is 91.9. The summed E-state index contributed by atoms with van der Waals surface area (Å²) in [5.74, 6) is 0. The number of hydrogen-bond acceptors (Lipinski definition) is 2. The molecule has 2 heterocycles. The maximum Gasteiger partial charge on any atom is 0.143 e. The summed E-state index contributed by atoms with van der Waals surface area (Å²) in [6.07, 6.45) is 0.